The van der Waals surface area contributed by atoms with E-state index in [9.17, 15) is 0 Å². The number of rotatable bonds is 7. The van der Waals surface area contributed by atoms with Gasteiger partial charge in [0.2, 0.25) is 0 Å². The summed E-state index contributed by atoms with van der Waals surface area (Å²) in [6.45, 7) is 5.72. The molecule has 0 spiro atoms. The zero-order valence-corrected chi connectivity index (χ0v) is 10.0. The van der Waals surface area contributed by atoms with Gasteiger partial charge in [-0.1, -0.05) is 30.3 Å². The van der Waals surface area contributed by atoms with Gasteiger partial charge in [0, 0.05) is 12.6 Å². The highest BCUT2D eigenvalue weighted by Crippen LogP contribution is 2.00. The van der Waals surface area contributed by atoms with Crippen molar-refractivity contribution in [3.8, 4) is 0 Å². The molecular weight excluding hydrogens is 202 g/mol. The highest BCUT2D eigenvalue weighted by atomic mass is 16.5. The molecule has 0 aliphatic heterocycles. The summed E-state index contributed by atoms with van der Waals surface area (Å²) in [5.74, 6) is 0. The predicted octanol–water partition coefficient (Wildman–Crippen LogP) is 1.56. The Kier molecular flexibility index (Phi) is 6.08. The Hall–Kier alpha value is -0.900. The molecule has 1 aromatic carbocycles. The van der Waals surface area contributed by atoms with E-state index in [-0.39, 0.29) is 12.1 Å². The molecule has 3 heteroatoms. The van der Waals surface area contributed by atoms with E-state index in [2.05, 4.69) is 5.32 Å². The second kappa shape index (κ2) is 7.39. The first kappa shape index (κ1) is 13.2. The van der Waals surface area contributed by atoms with Crippen LogP contribution in [-0.4, -0.2) is 30.4 Å². The Balaban J connectivity index is 2.11. The van der Waals surface area contributed by atoms with Crippen molar-refractivity contribution in [3.63, 3.8) is 0 Å². The van der Waals surface area contributed by atoms with E-state index >= 15 is 0 Å². The summed E-state index contributed by atoms with van der Waals surface area (Å²) in [5.41, 5.74) is 1.19. The van der Waals surface area contributed by atoms with Crippen LogP contribution in [0, 0.1) is 0 Å². The third-order valence-corrected chi connectivity index (χ3v) is 2.24. The summed E-state index contributed by atoms with van der Waals surface area (Å²) in [6.07, 6.45) is -0.309. The third-order valence-electron chi connectivity index (χ3n) is 2.24. The predicted molar refractivity (Wildman–Crippen MR) is 65.2 cm³/mol. The molecule has 90 valence electrons. The highest BCUT2D eigenvalue weighted by Gasteiger charge is 2.03. The number of aliphatic hydroxyl groups excluding tert-OH is 1. The molecule has 3 nitrogen and oxygen atoms in total. The number of ether oxygens (including phenoxy) is 1. The van der Waals surface area contributed by atoms with Crippen molar-refractivity contribution in [3.05, 3.63) is 35.9 Å². The van der Waals surface area contributed by atoms with Gasteiger partial charge >= 0.3 is 0 Å². The van der Waals surface area contributed by atoms with E-state index < -0.39 is 0 Å². The molecule has 0 saturated heterocycles. The van der Waals surface area contributed by atoms with Gasteiger partial charge < -0.3 is 15.2 Å². The first-order valence-electron chi connectivity index (χ1n) is 5.71. The minimum Gasteiger partial charge on any atom is -0.392 e. The van der Waals surface area contributed by atoms with Crippen LogP contribution in [0.25, 0.3) is 0 Å². The first-order valence-corrected chi connectivity index (χ1v) is 5.71. The van der Waals surface area contributed by atoms with Crippen molar-refractivity contribution in [1.29, 1.82) is 0 Å². The summed E-state index contributed by atoms with van der Waals surface area (Å²) in [6, 6.07) is 10.4. The van der Waals surface area contributed by atoms with E-state index in [0.29, 0.717) is 19.8 Å². The molecule has 0 fully saturated rings. The Labute approximate surface area is 97.4 Å². The summed E-state index contributed by atoms with van der Waals surface area (Å²) < 4.78 is 5.57. The molecule has 2 atom stereocenters. The average Bonchev–Trinajstić information content (AvgIpc) is 2.28. The lowest BCUT2D eigenvalue weighted by molar-refractivity contribution is 0.0970. The van der Waals surface area contributed by atoms with Crippen LogP contribution in [-0.2, 0) is 11.3 Å². The van der Waals surface area contributed by atoms with E-state index in [1.165, 1.54) is 5.56 Å². The van der Waals surface area contributed by atoms with Crippen LogP contribution in [0.3, 0.4) is 0 Å². The minimum absolute atomic E-state index is 0.262. The Bertz CT molecular complexity index is 275. The van der Waals surface area contributed by atoms with Gasteiger partial charge in [-0.05, 0) is 19.4 Å². The molecule has 0 aliphatic carbocycles. The molecule has 0 amide bonds. The van der Waals surface area contributed by atoms with Crippen LogP contribution in [0.1, 0.15) is 19.4 Å². The molecule has 2 N–H and O–H groups in total. The molecule has 0 aromatic heterocycles. The average molecular weight is 223 g/mol. The third kappa shape index (κ3) is 5.85. The molecule has 1 aromatic rings. The van der Waals surface area contributed by atoms with E-state index in [4.69, 9.17) is 9.84 Å². The Morgan fingerprint density at radius 3 is 2.56 bits per heavy atom. The maximum Gasteiger partial charge on any atom is 0.0717 e. The summed E-state index contributed by atoms with van der Waals surface area (Å²) >= 11 is 0. The number of aliphatic hydroxyl groups is 1. The number of hydrogen-bond acceptors (Lipinski definition) is 3. The zero-order chi connectivity index (χ0) is 11.8. The lowest BCUT2D eigenvalue weighted by Gasteiger charge is -2.15. The van der Waals surface area contributed by atoms with Crippen molar-refractivity contribution in [2.24, 2.45) is 0 Å². The molecule has 1 rings (SSSR count). The van der Waals surface area contributed by atoms with Gasteiger partial charge in [-0.25, -0.2) is 0 Å². The zero-order valence-electron chi connectivity index (χ0n) is 10.0. The van der Waals surface area contributed by atoms with Crippen molar-refractivity contribution in [2.75, 3.05) is 13.2 Å². The Morgan fingerprint density at radius 2 is 1.94 bits per heavy atom. The quantitative estimate of drug-likeness (QED) is 0.737. The first-order chi connectivity index (χ1) is 7.68. The fraction of sp³-hybridized carbons (Fsp3) is 0.538. The van der Waals surface area contributed by atoms with E-state index in [1.807, 2.05) is 37.3 Å². The largest absolute Gasteiger partial charge is 0.392 e. The van der Waals surface area contributed by atoms with Crippen molar-refractivity contribution >= 4 is 0 Å². The summed E-state index contributed by atoms with van der Waals surface area (Å²) in [7, 11) is 0. The normalized spacial score (nSPS) is 14.7. The van der Waals surface area contributed by atoms with Gasteiger partial charge in [0.1, 0.15) is 0 Å². The van der Waals surface area contributed by atoms with Gasteiger partial charge in [0.25, 0.3) is 0 Å². The topological polar surface area (TPSA) is 41.5 Å². The minimum atomic E-state index is -0.309. The SMILES string of the molecule is CC(COCc1ccccc1)NC[C@H](C)O. The summed E-state index contributed by atoms with van der Waals surface area (Å²) in [4.78, 5) is 0. The van der Waals surface area contributed by atoms with Gasteiger partial charge in [-0.2, -0.15) is 0 Å². The number of benzene rings is 1. The standard InChI is InChI=1S/C13H21NO2/c1-11(14-8-12(2)15)9-16-10-13-6-4-3-5-7-13/h3-7,11-12,14-15H,8-10H2,1-2H3/t11?,12-/m0/s1. The monoisotopic (exact) mass is 223 g/mol. The maximum atomic E-state index is 9.10. The van der Waals surface area contributed by atoms with Gasteiger partial charge in [-0.3, -0.25) is 0 Å². The number of hydrogen-bond donors (Lipinski definition) is 2. The second-order valence-corrected chi connectivity index (χ2v) is 4.16. The maximum absolute atomic E-state index is 9.10. The lowest BCUT2D eigenvalue weighted by Crippen LogP contribution is -2.35. The van der Waals surface area contributed by atoms with Gasteiger partial charge in [0.15, 0.2) is 0 Å². The number of nitrogens with one attached hydrogen (secondary N) is 1. The van der Waals surface area contributed by atoms with Crippen LogP contribution in [0.2, 0.25) is 0 Å². The molecule has 0 aliphatic rings. The molecule has 0 radical (unpaired) electrons. The molecule has 1 unspecified atom stereocenters. The van der Waals surface area contributed by atoms with Crippen molar-refractivity contribution in [2.45, 2.75) is 32.6 Å². The summed E-state index contributed by atoms with van der Waals surface area (Å²) in [5, 5.41) is 12.3. The van der Waals surface area contributed by atoms with E-state index in [0.717, 1.165) is 0 Å². The highest BCUT2D eigenvalue weighted by molar-refractivity contribution is 5.13. The van der Waals surface area contributed by atoms with Crippen molar-refractivity contribution in [1.82, 2.24) is 5.32 Å². The molecule has 16 heavy (non-hydrogen) atoms. The van der Waals surface area contributed by atoms with Crippen LogP contribution < -0.4 is 5.32 Å². The molecular formula is C13H21NO2. The fourth-order valence-corrected chi connectivity index (χ4v) is 1.36. The van der Waals surface area contributed by atoms with Crippen LogP contribution >= 0.6 is 0 Å². The van der Waals surface area contributed by atoms with Crippen LogP contribution in [0.4, 0.5) is 0 Å². The van der Waals surface area contributed by atoms with Crippen LogP contribution in [0.15, 0.2) is 30.3 Å². The molecule has 0 saturated carbocycles. The smallest absolute Gasteiger partial charge is 0.0717 e. The lowest BCUT2D eigenvalue weighted by atomic mass is 10.2. The fourth-order valence-electron chi connectivity index (χ4n) is 1.36. The van der Waals surface area contributed by atoms with Crippen LogP contribution in [0.5, 0.6) is 0 Å². The van der Waals surface area contributed by atoms with Gasteiger partial charge in [0.05, 0.1) is 19.3 Å². The van der Waals surface area contributed by atoms with Crippen molar-refractivity contribution < 1.29 is 9.84 Å². The Morgan fingerprint density at radius 1 is 1.25 bits per heavy atom. The second-order valence-electron chi connectivity index (χ2n) is 4.16. The van der Waals surface area contributed by atoms with Gasteiger partial charge in [-0.15, -0.1) is 0 Å². The van der Waals surface area contributed by atoms with E-state index in [1.54, 1.807) is 6.92 Å². The molecule has 0 heterocycles. The molecule has 0 bridgehead atoms.